The van der Waals surface area contributed by atoms with E-state index in [-0.39, 0.29) is 47.1 Å². The molecule has 0 atom stereocenters. The maximum Gasteiger partial charge on any atom is 0.258 e. The molecule has 2 bridgehead atoms. The standard InChI is InChI=1S/C21H18ClF3N2O4/c22-14-5-12(1-3-15(14)23)30-7-18(28)26-20-9-21(10-20,11-20)27-19(29)8-31-13-2-4-16(24)17(25)6-13/h1-6H,7-11H2,(H,26,28)(H,27,29). The summed E-state index contributed by atoms with van der Waals surface area (Å²) in [5.74, 6) is -3.01. The van der Waals surface area contributed by atoms with E-state index in [1.807, 2.05) is 0 Å². The van der Waals surface area contributed by atoms with Crippen LogP contribution in [0.25, 0.3) is 0 Å². The highest BCUT2D eigenvalue weighted by Crippen LogP contribution is 2.60. The normalized spacial score (nSPS) is 23.2. The first-order valence-corrected chi connectivity index (χ1v) is 9.83. The summed E-state index contributed by atoms with van der Waals surface area (Å²) < 4.78 is 49.7. The Morgan fingerprint density at radius 2 is 1.29 bits per heavy atom. The second kappa shape index (κ2) is 7.96. The summed E-state index contributed by atoms with van der Waals surface area (Å²) in [4.78, 5) is 24.2. The molecular weight excluding hydrogens is 437 g/mol. The summed E-state index contributed by atoms with van der Waals surface area (Å²) >= 11 is 5.67. The number of amides is 2. The molecule has 3 saturated carbocycles. The van der Waals surface area contributed by atoms with E-state index in [0.29, 0.717) is 19.3 Å². The molecule has 10 heteroatoms. The molecule has 0 heterocycles. The number of carbonyl (C=O) groups excluding carboxylic acids is 2. The van der Waals surface area contributed by atoms with Crippen LogP contribution in [0.5, 0.6) is 11.5 Å². The summed E-state index contributed by atoms with van der Waals surface area (Å²) in [6, 6.07) is 6.85. The lowest BCUT2D eigenvalue weighted by atomic mass is 9.44. The van der Waals surface area contributed by atoms with Crippen molar-refractivity contribution in [2.45, 2.75) is 30.3 Å². The van der Waals surface area contributed by atoms with E-state index >= 15 is 0 Å². The second-order valence-corrected chi connectivity index (χ2v) is 8.32. The molecule has 0 unspecified atom stereocenters. The lowest BCUT2D eigenvalue weighted by Gasteiger charge is -2.70. The van der Waals surface area contributed by atoms with E-state index in [2.05, 4.69) is 10.6 Å². The lowest BCUT2D eigenvalue weighted by molar-refractivity contribution is -0.151. The number of ether oxygens (including phenoxy) is 2. The molecule has 2 aromatic carbocycles. The molecule has 2 amide bonds. The van der Waals surface area contributed by atoms with Crippen LogP contribution in [-0.2, 0) is 9.59 Å². The van der Waals surface area contributed by atoms with Crippen LogP contribution in [0.15, 0.2) is 36.4 Å². The molecule has 5 rings (SSSR count). The van der Waals surface area contributed by atoms with Crippen molar-refractivity contribution in [2.24, 2.45) is 0 Å². The highest BCUT2D eigenvalue weighted by molar-refractivity contribution is 6.30. The largest absolute Gasteiger partial charge is 0.484 e. The molecular formula is C21H18ClF3N2O4. The molecule has 0 radical (unpaired) electrons. The second-order valence-electron chi connectivity index (χ2n) is 7.92. The van der Waals surface area contributed by atoms with Crippen LogP contribution in [0, 0.1) is 17.5 Å². The molecule has 0 saturated heterocycles. The predicted octanol–water partition coefficient (Wildman–Crippen LogP) is 3.12. The minimum atomic E-state index is -1.05. The summed E-state index contributed by atoms with van der Waals surface area (Å²) in [7, 11) is 0. The fraction of sp³-hybridized carbons (Fsp3) is 0.333. The number of carbonyl (C=O) groups is 2. The predicted molar refractivity (Wildman–Crippen MR) is 104 cm³/mol. The van der Waals surface area contributed by atoms with Gasteiger partial charge in [-0.2, -0.15) is 0 Å². The molecule has 0 aliphatic heterocycles. The van der Waals surface area contributed by atoms with Crippen molar-refractivity contribution in [2.75, 3.05) is 13.2 Å². The Labute approximate surface area is 180 Å². The van der Waals surface area contributed by atoms with Crippen LogP contribution in [-0.4, -0.2) is 36.1 Å². The maximum atomic E-state index is 13.2. The van der Waals surface area contributed by atoms with E-state index in [4.69, 9.17) is 21.1 Å². The van der Waals surface area contributed by atoms with Gasteiger partial charge in [-0.25, -0.2) is 13.2 Å². The van der Waals surface area contributed by atoms with Crippen molar-refractivity contribution in [1.29, 1.82) is 0 Å². The Bertz CT molecular complexity index is 950. The molecule has 2 N–H and O–H groups in total. The Kier molecular flexibility index (Phi) is 5.47. The van der Waals surface area contributed by atoms with Gasteiger partial charge in [0.05, 0.1) is 5.02 Å². The van der Waals surface area contributed by atoms with Gasteiger partial charge in [0, 0.05) is 23.2 Å². The van der Waals surface area contributed by atoms with Crippen molar-refractivity contribution >= 4 is 23.4 Å². The van der Waals surface area contributed by atoms with Gasteiger partial charge in [-0.15, -0.1) is 0 Å². The molecule has 31 heavy (non-hydrogen) atoms. The van der Waals surface area contributed by atoms with Gasteiger partial charge in [0.15, 0.2) is 24.8 Å². The Morgan fingerprint density at radius 1 is 0.806 bits per heavy atom. The maximum absolute atomic E-state index is 13.2. The fourth-order valence-corrected chi connectivity index (χ4v) is 4.32. The van der Waals surface area contributed by atoms with E-state index < -0.39 is 23.0 Å². The highest BCUT2D eigenvalue weighted by atomic mass is 35.5. The van der Waals surface area contributed by atoms with E-state index in [9.17, 15) is 22.8 Å². The van der Waals surface area contributed by atoms with Gasteiger partial charge < -0.3 is 20.1 Å². The third-order valence-electron chi connectivity index (χ3n) is 5.36. The average molecular weight is 455 g/mol. The number of hydrogen-bond donors (Lipinski definition) is 2. The number of benzene rings is 2. The quantitative estimate of drug-likeness (QED) is 0.642. The van der Waals surface area contributed by atoms with Crippen molar-refractivity contribution in [3.63, 3.8) is 0 Å². The van der Waals surface area contributed by atoms with Crippen molar-refractivity contribution in [3.8, 4) is 11.5 Å². The van der Waals surface area contributed by atoms with Crippen LogP contribution < -0.4 is 20.1 Å². The van der Waals surface area contributed by atoms with Gasteiger partial charge in [-0.1, -0.05) is 11.6 Å². The third-order valence-corrected chi connectivity index (χ3v) is 5.65. The summed E-state index contributed by atoms with van der Waals surface area (Å²) in [5.41, 5.74) is -0.776. The molecule has 3 aliphatic carbocycles. The van der Waals surface area contributed by atoms with Crippen molar-refractivity contribution in [3.05, 3.63) is 58.9 Å². The zero-order chi connectivity index (χ0) is 22.2. The number of halogens is 4. The number of hydrogen-bond acceptors (Lipinski definition) is 4. The first-order valence-electron chi connectivity index (χ1n) is 9.45. The van der Waals surface area contributed by atoms with Gasteiger partial charge in [0.25, 0.3) is 11.8 Å². The Morgan fingerprint density at radius 3 is 1.77 bits per heavy atom. The topological polar surface area (TPSA) is 76.7 Å². The van der Waals surface area contributed by atoms with Crippen LogP contribution >= 0.6 is 11.6 Å². The average Bonchev–Trinajstić information content (AvgIpc) is 2.67. The summed E-state index contributed by atoms with van der Waals surface area (Å²) in [6.45, 7) is -0.578. The van der Waals surface area contributed by atoms with Crippen LogP contribution in [0.2, 0.25) is 5.02 Å². The van der Waals surface area contributed by atoms with Crippen molar-refractivity contribution < 1.29 is 32.2 Å². The lowest BCUT2D eigenvalue weighted by Crippen LogP contribution is -2.84. The van der Waals surface area contributed by atoms with Crippen LogP contribution in [0.1, 0.15) is 19.3 Å². The molecule has 0 aromatic heterocycles. The smallest absolute Gasteiger partial charge is 0.258 e. The van der Waals surface area contributed by atoms with E-state index in [0.717, 1.165) is 18.2 Å². The van der Waals surface area contributed by atoms with Crippen LogP contribution in [0.3, 0.4) is 0 Å². The zero-order valence-electron chi connectivity index (χ0n) is 16.1. The minimum absolute atomic E-state index is 0.0535. The molecule has 3 fully saturated rings. The summed E-state index contributed by atoms with van der Waals surface area (Å²) in [6.07, 6.45) is 1.72. The minimum Gasteiger partial charge on any atom is -0.484 e. The Balaban J connectivity index is 1.17. The van der Waals surface area contributed by atoms with Gasteiger partial charge in [-0.05, 0) is 43.5 Å². The third kappa shape index (κ3) is 4.56. The SMILES string of the molecule is O=C(COc1ccc(F)c(F)c1)NC12CC(NC(=O)COc3ccc(F)c(Cl)c3)(C1)C2. The number of nitrogens with one attached hydrogen (secondary N) is 2. The van der Waals surface area contributed by atoms with Gasteiger partial charge >= 0.3 is 0 Å². The van der Waals surface area contributed by atoms with Crippen molar-refractivity contribution in [1.82, 2.24) is 10.6 Å². The summed E-state index contributed by atoms with van der Waals surface area (Å²) in [5, 5.41) is 5.66. The molecule has 6 nitrogen and oxygen atoms in total. The Hall–Kier alpha value is -2.94. The molecule has 3 aliphatic rings. The molecule has 2 aromatic rings. The monoisotopic (exact) mass is 454 g/mol. The van der Waals surface area contributed by atoms with Gasteiger partial charge in [0.1, 0.15) is 17.3 Å². The highest BCUT2D eigenvalue weighted by Gasteiger charge is 2.69. The molecule has 0 spiro atoms. The zero-order valence-corrected chi connectivity index (χ0v) is 16.9. The first-order chi connectivity index (χ1) is 14.7. The van der Waals surface area contributed by atoms with Gasteiger partial charge in [-0.3, -0.25) is 9.59 Å². The van der Waals surface area contributed by atoms with Crippen LogP contribution in [0.4, 0.5) is 13.2 Å². The van der Waals surface area contributed by atoms with E-state index in [1.54, 1.807) is 0 Å². The first kappa shape index (κ1) is 21.3. The van der Waals surface area contributed by atoms with Gasteiger partial charge in [0.2, 0.25) is 0 Å². The van der Waals surface area contributed by atoms with E-state index in [1.165, 1.54) is 18.2 Å². The fourth-order valence-electron chi connectivity index (χ4n) is 4.15. The number of rotatable bonds is 8. The molecule has 164 valence electrons.